The van der Waals surface area contributed by atoms with Crippen molar-refractivity contribution in [3.05, 3.63) is 32.9 Å². The van der Waals surface area contributed by atoms with E-state index in [0.29, 0.717) is 6.04 Å². The monoisotopic (exact) mass is 289 g/mol. The molecule has 0 spiro atoms. The summed E-state index contributed by atoms with van der Waals surface area (Å²) in [7, 11) is 0. The van der Waals surface area contributed by atoms with Crippen LogP contribution in [0.4, 0.5) is 0 Å². The third-order valence-electron chi connectivity index (χ3n) is 2.14. The molecule has 2 N–H and O–H groups in total. The van der Waals surface area contributed by atoms with Crippen LogP contribution in [0, 0.1) is 10.5 Å². The molecular formula is C11H16IN. The van der Waals surface area contributed by atoms with Gasteiger partial charge in [-0.05, 0) is 60.4 Å². The second-order valence-corrected chi connectivity index (χ2v) is 4.64. The topological polar surface area (TPSA) is 26.0 Å². The highest BCUT2D eigenvalue weighted by molar-refractivity contribution is 14.1. The van der Waals surface area contributed by atoms with Gasteiger partial charge in [-0.1, -0.05) is 18.2 Å². The summed E-state index contributed by atoms with van der Waals surface area (Å²) in [6.45, 7) is 4.21. The van der Waals surface area contributed by atoms with Crippen molar-refractivity contribution in [2.45, 2.75) is 32.7 Å². The minimum Gasteiger partial charge on any atom is -0.328 e. The molecule has 0 amide bonds. The van der Waals surface area contributed by atoms with Crippen LogP contribution in [-0.2, 0) is 6.42 Å². The van der Waals surface area contributed by atoms with E-state index in [9.17, 15) is 0 Å². The van der Waals surface area contributed by atoms with E-state index in [1.54, 1.807) is 0 Å². The van der Waals surface area contributed by atoms with E-state index in [1.807, 2.05) is 0 Å². The van der Waals surface area contributed by atoms with Crippen molar-refractivity contribution in [1.29, 1.82) is 0 Å². The first kappa shape index (κ1) is 11.0. The molecule has 0 saturated carbocycles. The first-order valence-electron chi connectivity index (χ1n) is 4.61. The number of nitrogens with two attached hydrogens (primary N) is 1. The van der Waals surface area contributed by atoms with Crippen molar-refractivity contribution in [2.24, 2.45) is 5.73 Å². The van der Waals surface area contributed by atoms with Gasteiger partial charge in [-0.25, -0.2) is 0 Å². The maximum atomic E-state index is 5.73. The molecule has 0 unspecified atom stereocenters. The Balaban J connectivity index is 2.71. The number of halogens is 1. The van der Waals surface area contributed by atoms with E-state index in [4.69, 9.17) is 5.73 Å². The molecule has 0 aliphatic heterocycles. The van der Waals surface area contributed by atoms with E-state index in [2.05, 4.69) is 54.6 Å². The van der Waals surface area contributed by atoms with E-state index in [0.717, 1.165) is 12.8 Å². The Hall–Kier alpha value is -0.0900. The average molecular weight is 289 g/mol. The molecule has 0 aromatic heterocycles. The predicted octanol–water partition coefficient (Wildman–Crippen LogP) is 2.88. The van der Waals surface area contributed by atoms with E-state index in [-0.39, 0.29) is 0 Å². The molecule has 72 valence electrons. The number of hydrogen-bond acceptors (Lipinski definition) is 1. The zero-order chi connectivity index (χ0) is 9.84. The van der Waals surface area contributed by atoms with E-state index >= 15 is 0 Å². The van der Waals surface area contributed by atoms with Gasteiger partial charge in [-0.2, -0.15) is 0 Å². The first-order chi connectivity index (χ1) is 6.11. The summed E-state index contributed by atoms with van der Waals surface area (Å²) in [5.74, 6) is 0. The third kappa shape index (κ3) is 3.27. The van der Waals surface area contributed by atoms with Gasteiger partial charge in [0, 0.05) is 9.61 Å². The normalized spacial score (nSPS) is 12.9. The van der Waals surface area contributed by atoms with Gasteiger partial charge in [-0.15, -0.1) is 0 Å². The first-order valence-corrected chi connectivity index (χ1v) is 5.68. The lowest BCUT2D eigenvalue weighted by Gasteiger charge is -2.08. The number of aryl methyl sites for hydroxylation is 2. The van der Waals surface area contributed by atoms with Crippen molar-refractivity contribution in [3.8, 4) is 0 Å². The second-order valence-electron chi connectivity index (χ2n) is 3.56. The zero-order valence-electron chi connectivity index (χ0n) is 8.18. The maximum Gasteiger partial charge on any atom is 0.0191 e. The summed E-state index contributed by atoms with van der Waals surface area (Å²) in [5, 5.41) is 0. The second kappa shape index (κ2) is 4.96. The fourth-order valence-electron chi connectivity index (χ4n) is 1.28. The number of rotatable bonds is 3. The highest BCUT2D eigenvalue weighted by atomic mass is 127. The Kier molecular flexibility index (Phi) is 4.19. The Bertz CT molecular complexity index is 281. The van der Waals surface area contributed by atoms with Gasteiger partial charge in [-0.3, -0.25) is 0 Å². The summed E-state index contributed by atoms with van der Waals surface area (Å²) in [5.41, 5.74) is 8.52. The molecule has 0 aliphatic rings. The minimum atomic E-state index is 0.302. The molecule has 0 bridgehead atoms. The summed E-state index contributed by atoms with van der Waals surface area (Å²) in [6, 6.07) is 6.76. The fraction of sp³-hybridized carbons (Fsp3) is 0.455. The average Bonchev–Trinajstić information content (AvgIpc) is 2.07. The Morgan fingerprint density at radius 1 is 1.46 bits per heavy atom. The molecule has 0 heterocycles. The predicted molar refractivity (Wildman–Crippen MR) is 65.9 cm³/mol. The van der Waals surface area contributed by atoms with E-state index in [1.165, 1.54) is 14.7 Å². The lowest BCUT2D eigenvalue weighted by Crippen LogP contribution is -2.15. The minimum absolute atomic E-state index is 0.302. The van der Waals surface area contributed by atoms with E-state index < -0.39 is 0 Å². The maximum absolute atomic E-state index is 5.73. The summed E-state index contributed by atoms with van der Waals surface area (Å²) < 4.78 is 1.39. The van der Waals surface area contributed by atoms with Crippen LogP contribution >= 0.6 is 22.6 Å². The molecule has 0 aliphatic carbocycles. The molecule has 0 fully saturated rings. The Labute approximate surface area is 93.9 Å². The smallest absolute Gasteiger partial charge is 0.0191 e. The quantitative estimate of drug-likeness (QED) is 0.851. The van der Waals surface area contributed by atoms with Crippen molar-refractivity contribution in [1.82, 2.24) is 0 Å². The largest absolute Gasteiger partial charge is 0.328 e. The van der Waals surface area contributed by atoms with Gasteiger partial charge in [0.15, 0.2) is 0 Å². The Morgan fingerprint density at radius 3 is 2.77 bits per heavy atom. The highest BCUT2D eigenvalue weighted by Crippen LogP contribution is 2.18. The van der Waals surface area contributed by atoms with Crippen LogP contribution in [-0.4, -0.2) is 6.04 Å². The van der Waals surface area contributed by atoms with Crippen LogP contribution in [0.2, 0.25) is 0 Å². The van der Waals surface area contributed by atoms with Gasteiger partial charge >= 0.3 is 0 Å². The molecule has 0 radical (unpaired) electrons. The van der Waals surface area contributed by atoms with Crippen molar-refractivity contribution >= 4 is 22.6 Å². The van der Waals surface area contributed by atoms with Crippen LogP contribution in [0.5, 0.6) is 0 Å². The summed E-state index contributed by atoms with van der Waals surface area (Å²) in [4.78, 5) is 0. The standard InChI is InChI=1S/C11H16IN/c1-8-4-3-5-10(11(8)12)7-6-9(2)13/h3-5,9H,6-7,13H2,1-2H3/t9-/m0/s1. The lowest BCUT2D eigenvalue weighted by molar-refractivity contribution is 0.664. The fourth-order valence-corrected chi connectivity index (χ4v) is 1.91. The third-order valence-corrected chi connectivity index (χ3v) is 3.68. The van der Waals surface area contributed by atoms with Crippen molar-refractivity contribution < 1.29 is 0 Å². The summed E-state index contributed by atoms with van der Waals surface area (Å²) in [6.07, 6.45) is 2.16. The van der Waals surface area contributed by atoms with Crippen LogP contribution in [0.25, 0.3) is 0 Å². The number of hydrogen-bond donors (Lipinski definition) is 1. The Morgan fingerprint density at radius 2 is 2.15 bits per heavy atom. The van der Waals surface area contributed by atoms with Gasteiger partial charge in [0.05, 0.1) is 0 Å². The van der Waals surface area contributed by atoms with Crippen LogP contribution in [0.1, 0.15) is 24.5 Å². The molecule has 13 heavy (non-hydrogen) atoms. The summed E-state index contributed by atoms with van der Waals surface area (Å²) >= 11 is 2.41. The van der Waals surface area contributed by atoms with Gasteiger partial charge in [0.25, 0.3) is 0 Å². The molecule has 0 saturated heterocycles. The molecule has 2 heteroatoms. The lowest BCUT2D eigenvalue weighted by atomic mass is 10.0. The van der Waals surface area contributed by atoms with Crippen LogP contribution in [0.15, 0.2) is 18.2 Å². The molecule has 1 atom stereocenters. The molecule has 1 nitrogen and oxygen atoms in total. The number of benzene rings is 1. The van der Waals surface area contributed by atoms with Crippen LogP contribution in [0.3, 0.4) is 0 Å². The van der Waals surface area contributed by atoms with Crippen molar-refractivity contribution in [3.63, 3.8) is 0 Å². The highest BCUT2D eigenvalue weighted by Gasteiger charge is 2.02. The molecule has 1 aromatic rings. The van der Waals surface area contributed by atoms with Gasteiger partial charge in [0.2, 0.25) is 0 Å². The molecule has 1 rings (SSSR count). The van der Waals surface area contributed by atoms with Crippen molar-refractivity contribution in [2.75, 3.05) is 0 Å². The SMILES string of the molecule is Cc1cccc(CC[C@H](C)N)c1I. The zero-order valence-corrected chi connectivity index (χ0v) is 10.3. The van der Waals surface area contributed by atoms with Gasteiger partial charge in [0.1, 0.15) is 0 Å². The van der Waals surface area contributed by atoms with Crippen LogP contribution < -0.4 is 5.73 Å². The molecule has 1 aromatic carbocycles. The van der Waals surface area contributed by atoms with Gasteiger partial charge < -0.3 is 5.73 Å². The molecular weight excluding hydrogens is 273 g/mol.